The lowest BCUT2D eigenvalue weighted by Gasteiger charge is -2.22. The first-order valence-electron chi connectivity index (χ1n) is 7.31. The maximum atomic E-state index is 12.2. The van der Waals surface area contributed by atoms with E-state index in [1.807, 2.05) is 25.1 Å². The van der Waals surface area contributed by atoms with Crippen molar-refractivity contribution in [2.24, 2.45) is 5.92 Å². The average molecular weight is 289 g/mol. The molecule has 0 saturated heterocycles. The van der Waals surface area contributed by atoms with Crippen molar-refractivity contribution < 1.29 is 9.59 Å². The number of fused-ring (bicyclic) bond motifs is 1. The van der Waals surface area contributed by atoms with E-state index in [0.717, 1.165) is 16.8 Å². The number of hydrogen-bond acceptors (Lipinski definition) is 3. The third-order valence-corrected chi connectivity index (χ3v) is 3.68. The molecule has 1 aromatic carbocycles. The molecule has 0 saturated carbocycles. The largest absolute Gasteiger partial charge is 0.358 e. The van der Waals surface area contributed by atoms with Crippen molar-refractivity contribution in [3.63, 3.8) is 0 Å². The molecule has 2 rings (SSSR count). The van der Waals surface area contributed by atoms with Crippen molar-refractivity contribution in [1.29, 1.82) is 0 Å². The number of anilines is 1. The fourth-order valence-electron chi connectivity index (χ4n) is 2.64. The first-order chi connectivity index (χ1) is 9.92. The lowest BCUT2D eigenvalue weighted by atomic mass is 10.00. The molecule has 2 atom stereocenters. The second-order valence-corrected chi connectivity index (χ2v) is 5.98. The quantitative estimate of drug-likeness (QED) is 0.773. The van der Waals surface area contributed by atoms with Gasteiger partial charge in [0.2, 0.25) is 11.8 Å². The summed E-state index contributed by atoms with van der Waals surface area (Å²) >= 11 is 0. The molecule has 2 unspecified atom stereocenters. The lowest BCUT2D eigenvalue weighted by molar-refractivity contribution is -0.124. The Hall–Kier alpha value is -1.88. The van der Waals surface area contributed by atoms with Gasteiger partial charge in [-0.05, 0) is 25.3 Å². The van der Waals surface area contributed by atoms with Gasteiger partial charge in [-0.2, -0.15) is 0 Å². The standard InChI is InChI=1S/C16H23N3O2/c1-9(2)7-13(15(20)17-4)18-14-11-8-10(3)5-6-12(11)19-16(14)21/h5-6,8-9,13-14,18H,7H2,1-4H3,(H,17,20)(H,19,21). The number of carbonyl (C=O) groups excluding carboxylic acids is 2. The van der Waals surface area contributed by atoms with E-state index in [4.69, 9.17) is 0 Å². The van der Waals surface area contributed by atoms with Crippen molar-refractivity contribution in [3.05, 3.63) is 29.3 Å². The molecule has 0 aliphatic carbocycles. The van der Waals surface area contributed by atoms with Crippen LogP contribution in [0.25, 0.3) is 0 Å². The summed E-state index contributed by atoms with van der Waals surface area (Å²) in [7, 11) is 1.62. The molecule has 114 valence electrons. The highest BCUT2D eigenvalue weighted by Gasteiger charge is 2.33. The van der Waals surface area contributed by atoms with Gasteiger partial charge < -0.3 is 10.6 Å². The summed E-state index contributed by atoms with van der Waals surface area (Å²) in [5.74, 6) is 0.173. The maximum Gasteiger partial charge on any atom is 0.246 e. The normalized spacial score (nSPS) is 18.3. The molecule has 0 fully saturated rings. The van der Waals surface area contributed by atoms with E-state index < -0.39 is 6.04 Å². The molecule has 0 radical (unpaired) electrons. The minimum Gasteiger partial charge on any atom is -0.358 e. The van der Waals surface area contributed by atoms with Crippen LogP contribution in [0.2, 0.25) is 0 Å². The Bertz CT molecular complexity index is 554. The molecule has 1 aliphatic rings. The van der Waals surface area contributed by atoms with Gasteiger partial charge in [0.25, 0.3) is 0 Å². The average Bonchev–Trinajstić information content (AvgIpc) is 2.72. The Labute approximate surface area is 125 Å². The molecular weight excluding hydrogens is 266 g/mol. The second kappa shape index (κ2) is 6.26. The van der Waals surface area contributed by atoms with Gasteiger partial charge in [0.15, 0.2) is 0 Å². The van der Waals surface area contributed by atoms with Gasteiger partial charge in [0.1, 0.15) is 6.04 Å². The first kappa shape index (κ1) is 15.5. The van der Waals surface area contributed by atoms with Crippen molar-refractivity contribution in [2.75, 3.05) is 12.4 Å². The molecule has 1 aliphatic heterocycles. The van der Waals surface area contributed by atoms with E-state index in [1.165, 1.54) is 0 Å². The Balaban J connectivity index is 2.23. The van der Waals surface area contributed by atoms with Crippen LogP contribution in [0.4, 0.5) is 5.69 Å². The molecule has 0 aromatic heterocycles. The van der Waals surface area contributed by atoms with Gasteiger partial charge in [-0.1, -0.05) is 31.5 Å². The highest BCUT2D eigenvalue weighted by molar-refractivity contribution is 6.03. The molecule has 5 heteroatoms. The van der Waals surface area contributed by atoms with Crippen molar-refractivity contribution in [3.8, 4) is 0 Å². The zero-order valence-corrected chi connectivity index (χ0v) is 13.0. The highest BCUT2D eigenvalue weighted by atomic mass is 16.2. The smallest absolute Gasteiger partial charge is 0.246 e. The number of carbonyl (C=O) groups is 2. The Morgan fingerprint density at radius 3 is 2.71 bits per heavy atom. The summed E-state index contributed by atoms with van der Waals surface area (Å²) in [6, 6.07) is 5.01. The van der Waals surface area contributed by atoms with Crippen molar-refractivity contribution >= 4 is 17.5 Å². The van der Waals surface area contributed by atoms with E-state index in [9.17, 15) is 9.59 Å². The number of likely N-dealkylation sites (N-methyl/N-ethyl adjacent to an activating group) is 1. The zero-order chi connectivity index (χ0) is 15.6. The lowest BCUT2D eigenvalue weighted by Crippen LogP contribution is -2.46. The zero-order valence-electron chi connectivity index (χ0n) is 13.0. The molecule has 2 amide bonds. The number of aryl methyl sites for hydroxylation is 1. The Morgan fingerprint density at radius 1 is 1.38 bits per heavy atom. The summed E-state index contributed by atoms with van der Waals surface area (Å²) in [6.45, 7) is 6.11. The van der Waals surface area contributed by atoms with Crippen molar-refractivity contribution in [2.45, 2.75) is 39.3 Å². The van der Waals surface area contributed by atoms with E-state index in [2.05, 4.69) is 29.8 Å². The van der Waals surface area contributed by atoms with Crippen LogP contribution < -0.4 is 16.0 Å². The van der Waals surface area contributed by atoms with Crippen LogP contribution in [0, 0.1) is 12.8 Å². The SMILES string of the molecule is CNC(=O)C(CC(C)C)NC1C(=O)Nc2ccc(C)cc21. The molecule has 1 heterocycles. The first-order valence-corrected chi connectivity index (χ1v) is 7.31. The van der Waals surface area contributed by atoms with Crippen molar-refractivity contribution in [1.82, 2.24) is 10.6 Å². The third-order valence-electron chi connectivity index (χ3n) is 3.68. The van der Waals surface area contributed by atoms with Gasteiger partial charge in [-0.25, -0.2) is 0 Å². The molecule has 0 bridgehead atoms. The van der Waals surface area contributed by atoms with Crippen LogP contribution in [-0.4, -0.2) is 24.9 Å². The fourth-order valence-corrected chi connectivity index (χ4v) is 2.64. The Morgan fingerprint density at radius 2 is 2.10 bits per heavy atom. The predicted octanol–water partition coefficient (Wildman–Crippen LogP) is 1.74. The molecule has 5 nitrogen and oxygen atoms in total. The molecular formula is C16H23N3O2. The van der Waals surface area contributed by atoms with E-state index >= 15 is 0 Å². The number of benzene rings is 1. The van der Waals surface area contributed by atoms with Crippen LogP contribution in [0.5, 0.6) is 0 Å². The molecule has 1 aromatic rings. The fraction of sp³-hybridized carbons (Fsp3) is 0.500. The predicted molar refractivity (Wildman–Crippen MR) is 83.0 cm³/mol. The minimum atomic E-state index is -0.471. The van der Waals surface area contributed by atoms with Gasteiger partial charge >= 0.3 is 0 Å². The molecule has 21 heavy (non-hydrogen) atoms. The van der Waals surface area contributed by atoms with Gasteiger partial charge in [-0.15, -0.1) is 0 Å². The number of hydrogen-bond donors (Lipinski definition) is 3. The van der Waals surface area contributed by atoms with Gasteiger partial charge in [0.05, 0.1) is 6.04 Å². The van der Waals surface area contributed by atoms with Crippen LogP contribution in [0.15, 0.2) is 18.2 Å². The monoisotopic (exact) mass is 289 g/mol. The maximum absolute atomic E-state index is 12.2. The van der Waals surface area contributed by atoms with Crippen LogP contribution in [0.1, 0.15) is 37.4 Å². The highest BCUT2D eigenvalue weighted by Crippen LogP contribution is 2.32. The number of nitrogens with one attached hydrogen (secondary N) is 3. The van der Waals surface area contributed by atoms with Crippen LogP contribution in [0.3, 0.4) is 0 Å². The molecule has 0 spiro atoms. The topological polar surface area (TPSA) is 70.2 Å². The van der Waals surface area contributed by atoms with Crippen LogP contribution >= 0.6 is 0 Å². The summed E-state index contributed by atoms with van der Waals surface area (Å²) in [5.41, 5.74) is 2.83. The summed E-state index contributed by atoms with van der Waals surface area (Å²) in [4.78, 5) is 24.2. The van der Waals surface area contributed by atoms with Crippen LogP contribution in [-0.2, 0) is 9.59 Å². The Kier molecular flexibility index (Phi) is 4.63. The second-order valence-electron chi connectivity index (χ2n) is 5.98. The van der Waals surface area contributed by atoms with E-state index in [-0.39, 0.29) is 17.9 Å². The van der Waals surface area contributed by atoms with E-state index in [1.54, 1.807) is 7.05 Å². The minimum absolute atomic E-state index is 0.0856. The van der Waals surface area contributed by atoms with E-state index in [0.29, 0.717) is 12.3 Å². The summed E-state index contributed by atoms with van der Waals surface area (Å²) in [6.07, 6.45) is 0.685. The summed E-state index contributed by atoms with van der Waals surface area (Å²) in [5, 5.41) is 8.73. The third kappa shape index (κ3) is 3.42. The summed E-state index contributed by atoms with van der Waals surface area (Å²) < 4.78 is 0. The number of amides is 2. The van der Waals surface area contributed by atoms with Gasteiger partial charge in [0, 0.05) is 18.3 Å². The van der Waals surface area contributed by atoms with Gasteiger partial charge in [-0.3, -0.25) is 14.9 Å². The molecule has 3 N–H and O–H groups in total. The number of rotatable bonds is 5.